The molecule has 1 aromatic heterocycles. The summed E-state index contributed by atoms with van der Waals surface area (Å²) < 4.78 is 25.2. The minimum atomic E-state index is -3.12. The zero-order chi connectivity index (χ0) is 14.8. The fourth-order valence-corrected chi connectivity index (χ4v) is 5.48. The van der Waals surface area contributed by atoms with Gasteiger partial charge < -0.3 is 4.90 Å². The van der Waals surface area contributed by atoms with Crippen LogP contribution in [0.15, 0.2) is 10.7 Å². The van der Waals surface area contributed by atoms with Crippen molar-refractivity contribution in [1.29, 1.82) is 0 Å². The van der Waals surface area contributed by atoms with Crippen LogP contribution in [0.25, 0.3) is 0 Å². The Morgan fingerprint density at radius 1 is 1.45 bits per heavy atom. The van der Waals surface area contributed by atoms with Crippen molar-refractivity contribution in [2.45, 2.75) is 25.6 Å². The van der Waals surface area contributed by atoms with Crippen LogP contribution < -0.4 is 4.90 Å². The van der Waals surface area contributed by atoms with Crippen molar-refractivity contribution in [1.82, 2.24) is 9.97 Å². The Balaban J connectivity index is 2.40. The summed E-state index contributed by atoms with van der Waals surface area (Å²) >= 11 is 5.06. The number of anilines is 1. The van der Waals surface area contributed by atoms with Crippen molar-refractivity contribution < 1.29 is 8.42 Å². The predicted molar refractivity (Wildman–Crippen MR) is 87.0 cm³/mol. The van der Waals surface area contributed by atoms with Gasteiger partial charge in [0.25, 0.3) is 0 Å². The Morgan fingerprint density at radius 3 is 2.85 bits per heavy atom. The molecular formula is C12H18BrN3O2S2. The summed E-state index contributed by atoms with van der Waals surface area (Å²) in [5.41, 5.74) is 0. The lowest BCUT2D eigenvalue weighted by molar-refractivity contribution is 0.578. The lowest BCUT2D eigenvalue weighted by Gasteiger charge is -2.35. The molecule has 2 rings (SSSR count). The van der Waals surface area contributed by atoms with E-state index in [0.717, 1.165) is 18.0 Å². The molecule has 0 saturated carbocycles. The molecule has 112 valence electrons. The van der Waals surface area contributed by atoms with E-state index in [9.17, 15) is 8.42 Å². The molecule has 1 aliphatic rings. The highest BCUT2D eigenvalue weighted by atomic mass is 79.9. The molecule has 0 amide bonds. The van der Waals surface area contributed by atoms with Crippen LogP contribution >= 0.6 is 27.7 Å². The Morgan fingerprint density at radius 2 is 2.20 bits per heavy atom. The normalized spacial score (nSPS) is 20.1. The van der Waals surface area contributed by atoms with Crippen molar-refractivity contribution >= 4 is 43.3 Å². The molecule has 1 aromatic rings. The second-order valence-electron chi connectivity index (χ2n) is 4.49. The lowest BCUT2D eigenvalue weighted by Crippen LogP contribution is -2.48. The van der Waals surface area contributed by atoms with Gasteiger partial charge in [0.1, 0.15) is 21.6 Å². The topological polar surface area (TPSA) is 63.2 Å². The minimum Gasteiger partial charge on any atom is -0.338 e. The molecule has 0 spiro atoms. The summed E-state index contributed by atoms with van der Waals surface area (Å²) in [6, 6.07) is 1.80. The first-order valence-corrected chi connectivity index (χ1v) is 10.2. The molecule has 0 bridgehead atoms. The Kier molecular flexibility index (Phi) is 5.30. The van der Waals surface area contributed by atoms with Crippen LogP contribution in [0.4, 0.5) is 5.82 Å². The van der Waals surface area contributed by atoms with Crippen molar-refractivity contribution in [3.8, 4) is 0 Å². The molecule has 0 aliphatic carbocycles. The Hall–Kier alpha value is -0.340. The first-order valence-electron chi connectivity index (χ1n) is 6.57. The summed E-state index contributed by atoms with van der Waals surface area (Å²) in [7, 11) is -3.12. The fourth-order valence-electron chi connectivity index (χ4n) is 2.09. The maximum Gasteiger partial charge on any atom is 0.171 e. The molecule has 0 aromatic carbocycles. The van der Waals surface area contributed by atoms with E-state index >= 15 is 0 Å². The summed E-state index contributed by atoms with van der Waals surface area (Å²) in [5.74, 6) is 3.09. The highest BCUT2D eigenvalue weighted by Crippen LogP contribution is 2.27. The number of aryl methyl sites for hydroxylation is 1. The standard InChI is InChI=1S/C12H18BrN3O2S2/c1-3-10-14-9(13)7-11(15-10)16-5-6-19-8-12(16)20(17,18)4-2/h7,12H,3-6,8H2,1-2H3. The van der Waals surface area contributed by atoms with Crippen LogP contribution in [-0.4, -0.2) is 47.6 Å². The van der Waals surface area contributed by atoms with Gasteiger partial charge in [-0.3, -0.25) is 0 Å². The number of halogens is 1. The molecule has 2 heterocycles. The number of hydrogen-bond donors (Lipinski definition) is 0. The van der Waals surface area contributed by atoms with E-state index in [0.29, 0.717) is 22.7 Å². The smallest absolute Gasteiger partial charge is 0.171 e. The van der Waals surface area contributed by atoms with Crippen molar-refractivity contribution in [2.24, 2.45) is 0 Å². The van der Waals surface area contributed by atoms with Gasteiger partial charge in [-0.25, -0.2) is 18.4 Å². The first-order chi connectivity index (χ1) is 9.47. The quantitative estimate of drug-likeness (QED) is 0.746. The van der Waals surface area contributed by atoms with Gasteiger partial charge in [0, 0.05) is 36.3 Å². The van der Waals surface area contributed by atoms with Gasteiger partial charge in [0.05, 0.1) is 0 Å². The SMILES string of the molecule is CCc1nc(Br)cc(N2CCSCC2S(=O)(=O)CC)n1. The molecule has 5 nitrogen and oxygen atoms in total. The summed E-state index contributed by atoms with van der Waals surface area (Å²) in [6.07, 6.45) is 0.722. The zero-order valence-electron chi connectivity index (χ0n) is 11.5. The second-order valence-corrected chi connectivity index (χ2v) is 8.90. The third-order valence-electron chi connectivity index (χ3n) is 3.24. The van der Waals surface area contributed by atoms with Crippen LogP contribution in [0.2, 0.25) is 0 Å². The van der Waals surface area contributed by atoms with E-state index in [-0.39, 0.29) is 5.75 Å². The minimum absolute atomic E-state index is 0.154. The fraction of sp³-hybridized carbons (Fsp3) is 0.667. The largest absolute Gasteiger partial charge is 0.338 e. The molecule has 20 heavy (non-hydrogen) atoms. The van der Waals surface area contributed by atoms with Gasteiger partial charge in [-0.05, 0) is 15.9 Å². The van der Waals surface area contributed by atoms with Gasteiger partial charge in [0.2, 0.25) is 0 Å². The molecule has 1 saturated heterocycles. The monoisotopic (exact) mass is 379 g/mol. The Bertz CT molecular complexity index is 580. The molecule has 0 N–H and O–H groups in total. The van der Waals surface area contributed by atoms with Gasteiger partial charge >= 0.3 is 0 Å². The van der Waals surface area contributed by atoms with E-state index in [1.54, 1.807) is 24.8 Å². The summed E-state index contributed by atoms with van der Waals surface area (Å²) in [5, 5.41) is -0.488. The second kappa shape index (κ2) is 6.62. The average molecular weight is 380 g/mol. The van der Waals surface area contributed by atoms with Crippen LogP contribution in [0.5, 0.6) is 0 Å². The van der Waals surface area contributed by atoms with Gasteiger partial charge in [0.15, 0.2) is 9.84 Å². The number of rotatable bonds is 4. The number of thioether (sulfide) groups is 1. The number of nitrogens with zero attached hydrogens (tertiary/aromatic N) is 3. The predicted octanol–water partition coefficient (Wildman–Crippen LogP) is 2.12. The molecule has 1 atom stereocenters. The van der Waals surface area contributed by atoms with Gasteiger partial charge in [-0.1, -0.05) is 13.8 Å². The molecule has 8 heteroatoms. The van der Waals surface area contributed by atoms with Gasteiger partial charge in [-0.2, -0.15) is 11.8 Å². The number of hydrogen-bond acceptors (Lipinski definition) is 6. The van der Waals surface area contributed by atoms with Crippen LogP contribution in [-0.2, 0) is 16.3 Å². The van der Waals surface area contributed by atoms with Crippen molar-refractivity contribution in [2.75, 3.05) is 28.7 Å². The third kappa shape index (κ3) is 3.46. The Labute approximate surface area is 132 Å². The van der Waals surface area contributed by atoms with Crippen LogP contribution in [0.3, 0.4) is 0 Å². The summed E-state index contributed by atoms with van der Waals surface area (Å²) in [6.45, 7) is 4.37. The maximum atomic E-state index is 12.3. The van der Waals surface area contributed by atoms with E-state index in [2.05, 4.69) is 25.9 Å². The van der Waals surface area contributed by atoms with Crippen molar-refractivity contribution in [3.05, 3.63) is 16.5 Å². The van der Waals surface area contributed by atoms with E-state index in [1.807, 2.05) is 11.8 Å². The van der Waals surface area contributed by atoms with Crippen LogP contribution in [0, 0.1) is 0 Å². The van der Waals surface area contributed by atoms with E-state index in [1.165, 1.54) is 0 Å². The van der Waals surface area contributed by atoms with Crippen LogP contribution in [0.1, 0.15) is 19.7 Å². The van der Waals surface area contributed by atoms with Gasteiger partial charge in [-0.15, -0.1) is 0 Å². The number of sulfone groups is 1. The lowest BCUT2D eigenvalue weighted by atomic mass is 10.4. The molecule has 0 radical (unpaired) electrons. The first kappa shape index (κ1) is 16.0. The maximum absolute atomic E-state index is 12.3. The molecule has 1 aliphatic heterocycles. The van der Waals surface area contributed by atoms with Crippen molar-refractivity contribution in [3.63, 3.8) is 0 Å². The highest BCUT2D eigenvalue weighted by Gasteiger charge is 2.33. The summed E-state index contributed by atoms with van der Waals surface area (Å²) in [4.78, 5) is 10.7. The molecule has 1 fully saturated rings. The molecule has 1 unspecified atom stereocenters. The highest BCUT2D eigenvalue weighted by molar-refractivity contribution is 9.10. The average Bonchev–Trinajstić information content (AvgIpc) is 2.46. The van der Waals surface area contributed by atoms with E-state index < -0.39 is 15.2 Å². The molecular weight excluding hydrogens is 362 g/mol. The van der Waals surface area contributed by atoms with E-state index in [4.69, 9.17) is 0 Å². The zero-order valence-corrected chi connectivity index (χ0v) is 14.8. The third-order valence-corrected chi connectivity index (χ3v) is 6.93. The number of aromatic nitrogens is 2.